The lowest BCUT2D eigenvalue weighted by atomic mass is 9.97. The number of nitrogens with one attached hydrogen (secondary N) is 2. The molecule has 0 saturated heterocycles. The Kier molecular flexibility index (Phi) is 5.90. The van der Waals surface area contributed by atoms with Crippen LogP contribution in [-0.2, 0) is 22.6 Å². The van der Waals surface area contributed by atoms with E-state index in [9.17, 15) is 9.59 Å². The van der Waals surface area contributed by atoms with Crippen LogP contribution in [0.5, 0.6) is 0 Å². The minimum atomic E-state index is -0.544. The lowest BCUT2D eigenvalue weighted by Crippen LogP contribution is -2.52. The zero-order chi connectivity index (χ0) is 22.9. The number of nitrogens with zero attached hydrogens (tertiary/aromatic N) is 1. The van der Waals surface area contributed by atoms with E-state index >= 15 is 0 Å². The molecule has 5 nitrogen and oxygen atoms in total. The molecule has 0 bridgehead atoms. The summed E-state index contributed by atoms with van der Waals surface area (Å²) in [5, 5.41) is 8.44. The van der Waals surface area contributed by atoms with Gasteiger partial charge in [-0.3, -0.25) is 9.59 Å². The minimum absolute atomic E-state index is 0.0491. The van der Waals surface area contributed by atoms with Crippen LogP contribution < -0.4 is 15.5 Å². The summed E-state index contributed by atoms with van der Waals surface area (Å²) in [6, 6.07) is 20.2. The second-order valence-corrected chi connectivity index (χ2v) is 9.30. The van der Waals surface area contributed by atoms with Crippen molar-refractivity contribution in [1.29, 1.82) is 0 Å². The highest BCUT2D eigenvalue weighted by molar-refractivity contribution is 6.01. The van der Waals surface area contributed by atoms with Gasteiger partial charge in [-0.15, -0.1) is 0 Å². The molecule has 1 saturated carbocycles. The van der Waals surface area contributed by atoms with Crippen LogP contribution in [0.15, 0.2) is 60.7 Å². The van der Waals surface area contributed by atoms with Crippen molar-refractivity contribution >= 4 is 28.3 Å². The van der Waals surface area contributed by atoms with Gasteiger partial charge in [0.15, 0.2) is 0 Å². The maximum absolute atomic E-state index is 13.8. The third-order valence-corrected chi connectivity index (χ3v) is 7.08. The van der Waals surface area contributed by atoms with E-state index < -0.39 is 6.04 Å². The van der Waals surface area contributed by atoms with Gasteiger partial charge in [0, 0.05) is 5.69 Å². The molecule has 3 aromatic rings. The molecule has 2 atom stereocenters. The van der Waals surface area contributed by atoms with E-state index in [0.29, 0.717) is 18.9 Å². The summed E-state index contributed by atoms with van der Waals surface area (Å²) in [5.41, 5.74) is 4.64. The van der Waals surface area contributed by atoms with Crippen molar-refractivity contribution in [3.63, 3.8) is 0 Å². The van der Waals surface area contributed by atoms with Gasteiger partial charge in [-0.2, -0.15) is 0 Å². The van der Waals surface area contributed by atoms with Crippen LogP contribution >= 0.6 is 0 Å². The van der Waals surface area contributed by atoms with Crippen molar-refractivity contribution in [3.05, 3.63) is 77.4 Å². The zero-order valence-corrected chi connectivity index (χ0v) is 19.3. The number of hydrogen-bond donors (Lipinski definition) is 2. The van der Waals surface area contributed by atoms with Gasteiger partial charge in [0.1, 0.15) is 6.04 Å². The molecule has 0 aromatic heterocycles. The molecule has 0 radical (unpaired) electrons. The highest BCUT2D eigenvalue weighted by atomic mass is 16.2. The molecule has 170 valence electrons. The average Bonchev–Trinajstić information content (AvgIpc) is 3.69. The Morgan fingerprint density at radius 2 is 1.76 bits per heavy atom. The van der Waals surface area contributed by atoms with E-state index in [2.05, 4.69) is 53.1 Å². The van der Waals surface area contributed by atoms with Crippen LogP contribution in [-0.4, -0.2) is 30.9 Å². The van der Waals surface area contributed by atoms with Gasteiger partial charge in [-0.25, -0.2) is 0 Å². The summed E-state index contributed by atoms with van der Waals surface area (Å²) >= 11 is 0. The van der Waals surface area contributed by atoms with Crippen molar-refractivity contribution in [1.82, 2.24) is 10.6 Å². The number of hydrogen-bond acceptors (Lipinski definition) is 3. The molecule has 2 amide bonds. The van der Waals surface area contributed by atoms with Gasteiger partial charge in [0.2, 0.25) is 11.8 Å². The molecule has 33 heavy (non-hydrogen) atoms. The SMILES string of the molecule is CN[C@@H](C)C(=O)NC1CCc2ccccc2N(Cc2cccc3c(C4CC4)cccc23)C1=O. The average molecular weight is 442 g/mol. The normalized spacial score (nSPS) is 19.2. The van der Waals surface area contributed by atoms with Crippen molar-refractivity contribution in [2.24, 2.45) is 0 Å². The predicted molar refractivity (Wildman–Crippen MR) is 132 cm³/mol. The number of amides is 2. The second-order valence-electron chi connectivity index (χ2n) is 9.30. The quantitative estimate of drug-likeness (QED) is 0.600. The van der Waals surface area contributed by atoms with Crippen LogP contribution in [0.4, 0.5) is 5.69 Å². The molecular formula is C28H31N3O2. The third kappa shape index (κ3) is 4.25. The van der Waals surface area contributed by atoms with E-state index in [1.807, 2.05) is 23.1 Å². The summed E-state index contributed by atoms with van der Waals surface area (Å²) in [5.74, 6) is 0.464. The monoisotopic (exact) mass is 441 g/mol. The molecule has 2 N–H and O–H groups in total. The predicted octanol–water partition coefficient (Wildman–Crippen LogP) is 4.29. The fraction of sp³-hybridized carbons (Fsp3) is 0.357. The first kappa shape index (κ1) is 21.7. The van der Waals surface area contributed by atoms with E-state index in [-0.39, 0.29) is 17.9 Å². The summed E-state index contributed by atoms with van der Waals surface area (Å²) in [4.78, 5) is 28.2. The Morgan fingerprint density at radius 1 is 1.00 bits per heavy atom. The van der Waals surface area contributed by atoms with E-state index in [0.717, 1.165) is 23.2 Å². The van der Waals surface area contributed by atoms with Crippen LogP contribution in [0.1, 0.15) is 48.8 Å². The Balaban J connectivity index is 1.52. The number of benzene rings is 3. The number of anilines is 1. The highest BCUT2D eigenvalue weighted by Crippen LogP contribution is 2.43. The van der Waals surface area contributed by atoms with Crippen LogP contribution in [0.2, 0.25) is 0 Å². The molecule has 5 heteroatoms. The largest absolute Gasteiger partial charge is 0.343 e. The van der Waals surface area contributed by atoms with Gasteiger partial charge in [-0.1, -0.05) is 54.6 Å². The summed E-state index contributed by atoms with van der Waals surface area (Å²) in [6.07, 6.45) is 3.86. The fourth-order valence-electron chi connectivity index (χ4n) is 4.90. The Hall–Kier alpha value is -3.18. The Morgan fingerprint density at radius 3 is 2.55 bits per heavy atom. The van der Waals surface area contributed by atoms with Gasteiger partial charge >= 0.3 is 0 Å². The maximum atomic E-state index is 13.8. The zero-order valence-electron chi connectivity index (χ0n) is 19.3. The number of rotatable bonds is 6. The lowest BCUT2D eigenvalue weighted by Gasteiger charge is -2.27. The molecule has 1 aliphatic carbocycles. The molecule has 1 fully saturated rings. The molecule has 0 spiro atoms. The lowest BCUT2D eigenvalue weighted by molar-refractivity contribution is -0.128. The van der Waals surface area contributed by atoms with Crippen molar-refractivity contribution in [3.8, 4) is 0 Å². The first-order valence-electron chi connectivity index (χ1n) is 11.9. The maximum Gasteiger partial charge on any atom is 0.249 e. The standard InChI is InChI=1S/C28H31N3O2/c1-18(29-2)27(32)30-25-16-15-20-7-3-4-12-26(20)31(28(25)33)17-21-8-5-11-24-22(19-13-14-19)9-6-10-23(21)24/h3-12,18-19,25,29H,13-17H2,1-2H3,(H,30,32)/t18-,25?/m0/s1. The van der Waals surface area contributed by atoms with Crippen LogP contribution in [0.3, 0.4) is 0 Å². The van der Waals surface area contributed by atoms with E-state index in [4.69, 9.17) is 0 Å². The molecule has 1 aliphatic heterocycles. The van der Waals surface area contributed by atoms with E-state index in [1.165, 1.54) is 29.2 Å². The first-order valence-corrected chi connectivity index (χ1v) is 11.9. The third-order valence-electron chi connectivity index (χ3n) is 7.08. The number of carbonyl (C=O) groups excluding carboxylic acids is 2. The molecule has 3 aromatic carbocycles. The first-order chi connectivity index (χ1) is 16.1. The van der Waals surface area contributed by atoms with Crippen LogP contribution in [0.25, 0.3) is 10.8 Å². The fourth-order valence-corrected chi connectivity index (χ4v) is 4.90. The second kappa shape index (κ2) is 8.99. The number of likely N-dealkylation sites (N-methyl/N-ethyl adjacent to an activating group) is 1. The van der Waals surface area contributed by atoms with Crippen molar-refractivity contribution < 1.29 is 9.59 Å². The summed E-state index contributed by atoms with van der Waals surface area (Å²) < 4.78 is 0. The minimum Gasteiger partial charge on any atom is -0.343 e. The molecule has 1 unspecified atom stereocenters. The van der Waals surface area contributed by atoms with Crippen molar-refractivity contribution in [2.75, 3.05) is 11.9 Å². The highest BCUT2D eigenvalue weighted by Gasteiger charge is 2.32. The molecule has 5 rings (SSSR count). The number of aryl methyl sites for hydroxylation is 1. The molecule has 2 aliphatic rings. The van der Waals surface area contributed by atoms with Gasteiger partial charge in [0.25, 0.3) is 0 Å². The Bertz CT molecular complexity index is 1200. The number of carbonyl (C=O) groups is 2. The topological polar surface area (TPSA) is 61.4 Å². The summed E-state index contributed by atoms with van der Waals surface area (Å²) in [6.45, 7) is 2.28. The van der Waals surface area contributed by atoms with Crippen molar-refractivity contribution in [2.45, 2.75) is 57.2 Å². The van der Waals surface area contributed by atoms with Gasteiger partial charge < -0.3 is 15.5 Å². The Labute approximate surface area is 195 Å². The number of fused-ring (bicyclic) bond motifs is 2. The van der Waals surface area contributed by atoms with Gasteiger partial charge in [-0.05, 0) is 79.1 Å². The van der Waals surface area contributed by atoms with Crippen LogP contribution in [0, 0.1) is 0 Å². The summed E-state index contributed by atoms with van der Waals surface area (Å²) in [7, 11) is 1.75. The molecular weight excluding hydrogens is 410 g/mol. The van der Waals surface area contributed by atoms with Gasteiger partial charge in [0.05, 0.1) is 12.6 Å². The number of para-hydroxylation sites is 1. The van der Waals surface area contributed by atoms with E-state index in [1.54, 1.807) is 14.0 Å². The molecule has 1 heterocycles. The smallest absolute Gasteiger partial charge is 0.249 e.